The summed E-state index contributed by atoms with van der Waals surface area (Å²) in [5.41, 5.74) is 2.19. The highest BCUT2D eigenvalue weighted by atomic mass is 35.5. The standard InChI is InChI=1S/C13H14ClF3N2O2/c1-19-5-9-4-8(2-3-11(9)18-12(19)20)10(14)6-21-7-13(15,16)17/h2-4,10H,5-7H2,1H3,(H,18,20). The van der Waals surface area contributed by atoms with Gasteiger partial charge in [0.2, 0.25) is 0 Å². The smallest absolute Gasteiger partial charge is 0.370 e. The average Bonchev–Trinajstić information content (AvgIpc) is 2.38. The minimum atomic E-state index is -4.36. The van der Waals surface area contributed by atoms with Crippen molar-refractivity contribution in [1.29, 1.82) is 0 Å². The number of urea groups is 1. The van der Waals surface area contributed by atoms with Crippen molar-refractivity contribution in [2.45, 2.75) is 18.1 Å². The molecule has 1 heterocycles. The third-order valence-electron chi connectivity index (χ3n) is 3.02. The van der Waals surface area contributed by atoms with Crippen molar-refractivity contribution in [3.63, 3.8) is 0 Å². The van der Waals surface area contributed by atoms with Crippen LogP contribution in [0.25, 0.3) is 0 Å². The van der Waals surface area contributed by atoms with Gasteiger partial charge < -0.3 is 15.0 Å². The van der Waals surface area contributed by atoms with Gasteiger partial charge in [-0.1, -0.05) is 12.1 Å². The van der Waals surface area contributed by atoms with Crippen molar-refractivity contribution >= 4 is 23.3 Å². The SMILES string of the molecule is CN1Cc2cc(C(Cl)COCC(F)(F)F)ccc2NC1=O. The Morgan fingerprint density at radius 1 is 1.48 bits per heavy atom. The normalized spacial score (nSPS) is 16.4. The third-order valence-corrected chi connectivity index (χ3v) is 3.39. The quantitative estimate of drug-likeness (QED) is 0.862. The number of alkyl halides is 4. The molecule has 0 saturated heterocycles. The van der Waals surface area contributed by atoms with Gasteiger partial charge in [0.05, 0.1) is 12.0 Å². The van der Waals surface area contributed by atoms with Crippen molar-refractivity contribution in [2.24, 2.45) is 0 Å². The molecule has 0 spiro atoms. The zero-order valence-corrected chi connectivity index (χ0v) is 12.0. The molecule has 1 N–H and O–H groups in total. The summed E-state index contributed by atoms with van der Waals surface area (Å²) in [6.07, 6.45) is -4.36. The Morgan fingerprint density at radius 2 is 2.19 bits per heavy atom. The van der Waals surface area contributed by atoms with Crippen LogP contribution in [-0.2, 0) is 11.3 Å². The zero-order chi connectivity index (χ0) is 15.6. The molecule has 0 fully saturated rings. The van der Waals surface area contributed by atoms with Crippen LogP contribution in [0.15, 0.2) is 18.2 Å². The molecule has 2 rings (SSSR count). The van der Waals surface area contributed by atoms with Crippen LogP contribution in [0.5, 0.6) is 0 Å². The van der Waals surface area contributed by atoms with Crippen molar-refractivity contribution in [2.75, 3.05) is 25.6 Å². The van der Waals surface area contributed by atoms with Crippen molar-refractivity contribution < 1.29 is 22.7 Å². The summed E-state index contributed by atoms with van der Waals surface area (Å²) in [6.45, 7) is -1.13. The van der Waals surface area contributed by atoms with E-state index in [-0.39, 0.29) is 12.6 Å². The van der Waals surface area contributed by atoms with E-state index in [1.165, 1.54) is 4.90 Å². The lowest BCUT2D eigenvalue weighted by molar-refractivity contribution is -0.173. The van der Waals surface area contributed by atoms with Gasteiger partial charge in [-0.2, -0.15) is 13.2 Å². The van der Waals surface area contributed by atoms with Gasteiger partial charge in [0.1, 0.15) is 6.61 Å². The summed E-state index contributed by atoms with van der Waals surface area (Å²) >= 11 is 6.05. The van der Waals surface area contributed by atoms with E-state index in [4.69, 9.17) is 11.6 Å². The second-order valence-corrected chi connectivity index (χ2v) is 5.33. The first-order valence-corrected chi connectivity index (χ1v) is 6.63. The minimum Gasteiger partial charge on any atom is -0.370 e. The summed E-state index contributed by atoms with van der Waals surface area (Å²) in [5, 5.41) is 2.02. The van der Waals surface area contributed by atoms with E-state index < -0.39 is 18.2 Å². The molecule has 1 unspecified atom stereocenters. The van der Waals surface area contributed by atoms with E-state index in [1.807, 2.05) is 0 Å². The number of ether oxygens (including phenoxy) is 1. The first-order valence-electron chi connectivity index (χ1n) is 6.20. The highest BCUT2D eigenvalue weighted by molar-refractivity contribution is 6.21. The van der Waals surface area contributed by atoms with E-state index in [0.29, 0.717) is 17.8 Å². The van der Waals surface area contributed by atoms with Crippen molar-refractivity contribution in [1.82, 2.24) is 4.90 Å². The molecule has 0 radical (unpaired) electrons. The molecule has 8 heteroatoms. The topological polar surface area (TPSA) is 41.6 Å². The monoisotopic (exact) mass is 322 g/mol. The molecule has 1 aliphatic heterocycles. The van der Waals surface area contributed by atoms with Gasteiger partial charge in [0.25, 0.3) is 0 Å². The van der Waals surface area contributed by atoms with Gasteiger partial charge in [0, 0.05) is 19.3 Å². The molecular formula is C13H14ClF3N2O2. The Kier molecular flexibility index (Phi) is 4.63. The lowest BCUT2D eigenvalue weighted by atomic mass is 10.0. The maximum absolute atomic E-state index is 12.0. The third kappa shape index (κ3) is 4.25. The maximum Gasteiger partial charge on any atom is 0.411 e. The second-order valence-electron chi connectivity index (χ2n) is 4.80. The summed E-state index contributed by atoms with van der Waals surface area (Å²) < 4.78 is 40.6. The van der Waals surface area contributed by atoms with Crippen LogP contribution in [0.3, 0.4) is 0 Å². The largest absolute Gasteiger partial charge is 0.411 e. The van der Waals surface area contributed by atoms with Crippen LogP contribution < -0.4 is 5.32 Å². The number of hydrogen-bond acceptors (Lipinski definition) is 2. The molecule has 1 atom stereocenters. The van der Waals surface area contributed by atoms with E-state index in [1.54, 1.807) is 25.2 Å². The first-order chi connectivity index (χ1) is 9.76. The number of nitrogens with one attached hydrogen (secondary N) is 1. The lowest BCUT2D eigenvalue weighted by Gasteiger charge is -2.26. The first kappa shape index (κ1) is 15.9. The molecule has 0 aromatic heterocycles. The molecule has 0 bridgehead atoms. The van der Waals surface area contributed by atoms with Gasteiger partial charge >= 0.3 is 12.2 Å². The fraction of sp³-hybridized carbons (Fsp3) is 0.462. The number of amides is 2. The Labute approximate surface area is 124 Å². The Bertz CT molecular complexity index is 537. The van der Waals surface area contributed by atoms with Crippen LogP contribution in [0.4, 0.5) is 23.7 Å². The second kappa shape index (κ2) is 6.11. The fourth-order valence-electron chi connectivity index (χ4n) is 1.97. The van der Waals surface area contributed by atoms with Gasteiger partial charge in [-0.25, -0.2) is 4.79 Å². The zero-order valence-electron chi connectivity index (χ0n) is 11.2. The molecule has 1 aliphatic rings. The number of hydrogen-bond donors (Lipinski definition) is 1. The molecule has 4 nitrogen and oxygen atoms in total. The fourth-order valence-corrected chi connectivity index (χ4v) is 2.20. The number of carbonyl (C=O) groups excluding carboxylic acids is 1. The molecule has 1 aromatic rings. The predicted molar refractivity (Wildman–Crippen MR) is 72.4 cm³/mol. The number of fused-ring (bicyclic) bond motifs is 1. The number of anilines is 1. The van der Waals surface area contributed by atoms with Crippen LogP contribution in [0.1, 0.15) is 16.5 Å². The summed E-state index contributed by atoms with van der Waals surface area (Å²) in [5.74, 6) is 0. The van der Waals surface area contributed by atoms with Crippen molar-refractivity contribution in [3.8, 4) is 0 Å². The number of rotatable bonds is 4. The highest BCUT2D eigenvalue weighted by Crippen LogP contribution is 2.29. The number of nitrogens with zero attached hydrogens (tertiary/aromatic N) is 1. The number of benzene rings is 1. The molecule has 116 valence electrons. The molecule has 0 saturated carbocycles. The van der Waals surface area contributed by atoms with Crippen molar-refractivity contribution in [3.05, 3.63) is 29.3 Å². The van der Waals surface area contributed by atoms with E-state index in [0.717, 1.165) is 5.56 Å². The number of halogens is 4. The molecule has 2 amide bonds. The van der Waals surface area contributed by atoms with Gasteiger partial charge in [0.15, 0.2) is 0 Å². The Morgan fingerprint density at radius 3 is 2.86 bits per heavy atom. The summed E-state index contributed by atoms with van der Waals surface area (Å²) in [6, 6.07) is 4.92. The van der Waals surface area contributed by atoms with E-state index >= 15 is 0 Å². The van der Waals surface area contributed by atoms with E-state index in [2.05, 4.69) is 10.1 Å². The maximum atomic E-state index is 12.0. The van der Waals surface area contributed by atoms with Crippen LogP contribution in [-0.4, -0.2) is 37.4 Å². The van der Waals surface area contributed by atoms with Crippen LogP contribution in [0.2, 0.25) is 0 Å². The Balaban J connectivity index is 2.01. The molecular weight excluding hydrogens is 309 g/mol. The van der Waals surface area contributed by atoms with Gasteiger partial charge in [-0.15, -0.1) is 11.6 Å². The Hall–Kier alpha value is -1.47. The predicted octanol–water partition coefficient (Wildman–Crippen LogP) is 3.52. The molecule has 21 heavy (non-hydrogen) atoms. The molecule has 0 aliphatic carbocycles. The van der Waals surface area contributed by atoms with Crippen LogP contribution >= 0.6 is 11.6 Å². The minimum absolute atomic E-state index is 0.203. The van der Waals surface area contributed by atoms with Gasteiger partial charge in [-0.3, -0.25) is 0 Å². The molecule has 1 aromatic carbocycles. The number of carbonyl (C=O) groups is 1. The van der Waals surface area contributed by atoms with Gasteiger partial charge in [-0.05, 0) is 17.2 Å². The summed E-state index contributed by atoms with van der Waals surface area (Å²) in [7, 11) is 1.65. The highest BCUT2D eigenvalue weighted by Gasteiger charge is 2.28. The average molecular weight is 323 g/mol. The van der Waals surface area contributed by atoms with Crippen LogP contribution in [0, 0.1) is 0 Å². The summed E-state index contributed by atoms with van der Waals surface area (Å²) in [4.78, 5) is 13.0. The van der Waals surface area contributed by atoms with E-state index in [9.17, 15) is 18.0 Å². The lowest BCUT2D eigenvalue weighted by Crippen LogP contribution is -2.35.